The Bertz CT molecular complexity index is 673. The summed E-state index contributed by atoms with van der Waals surface area (Å²) in [6.07, 6.45) is 8.42. The summed E-state index contributed by atoms with van der Waals surface area (Å²) in [6.45, 7) is 4.92. The van der Waals surface area contributed by atoms with Crippen molar-refractivity contribution in [1.82, 2.24) is 25.1 Å². The highest BCUT2D eigenvalue weighted by atomic mass is 16.3. The number of rotatable bonds is 7. The fraction of sp³-hybridized carbons (Fsp3) is 0.611. The SMILES string of the molecule is CCc1n[nH]c(CC)c1CC(=O)N[C@@H]1CC(Cn2ccnc2)C[C@H]1O. The standard InChI is InChI=1S/C18H27N5O2/c1-3-14-13(15(4-2)22-21-14)9-18(25)20-16-7-12(8-17(16)24)10-23-6-5-19-11-23/h5-6,11-12,16-17,24H,3-4,7-10H2,1-2H3,(H,20,25)(H,21,22)/t12?,16-,17-/m1/s1. The minimum Gasteiger partial charge on any atom is -0.391 e. The summed E-state index contributed by atoms with van der Waals surface area (Å²) in [6, 6.07) is -0.178. The Balaban J connectivity index is 1.57. The second-order valence-corrected chi connectivity index (χ2v) is 6.85. The van der Waals surface area contributed by atoms with Crippen LogP contribution in [0.5, 0.6) is 0 Å². The minimum atomic E-state index is -0.488. The van der Waals surface area contributed by atoms with Crippen LogP contribution in [-0.4, -0.2) is 42.9 Å². The Morgan fingerprint density at radius 3 is 2.92 bits per heavy atom. The molecule has 1 unspecified atom stereocenters. The van der Waals surface area contributed by atoms with Gasteiger partial charge in [-0.15, -0.1) is 0 Å². The molecular formula is C18H27N5O2. The van der Waals surface area contributed by atoms with Gasteiger partial charge in [-0.1, -0.05) is 13.8 Å². The number of hydrogen-bond donors (Lipinski definition) is 3. The maximum Gasteiger partial charge on any atom is 0.224 e. The lowest BCUT2D eigenvalue weighted by Gasteiger charge is -2.17. The first-order valence-corrected chi connectivity index (χ1v) is 9.08. The monoisotopic (exact) mass is 345 g/mol. The van der Waals surface area contributed by atoms with Crippen molar-refractivity contribution in [3.63, 3.8) is 0 Å². The molecule has 136 valence electrons. The third-order valence-electron chi connectivity index (χ3n) is 5.07. The number of aliphatic hydroxyl groups excluding tert-OH is 1. The molecule has 2 aromatic rings. The van der Waals surface area contributed by atoms with Crippen molar-refractivity contribution in [3.05, 3.63) is 35.7 Å². The normalized spacial score (nSPS) is 23.1. The molecule has 2 aromatic heterocycles. The van der Waals surface area contributed by atoms with E-state index >= 15 is 0 Å². The molecule has 25 heavy (non-hydrogen) atoms. The van der Waals surface area contributed by atoms with Gasteiger partial charge in [0.15, 0.2) is 0 Å². The minimum absolute atomic E-state index is 0.0434. The van der Waals surface area contributed by atoms with Gasteiger partial charge < -0.3 is 15.0 Å². The summed E-state index contributed by atoms with van der Waals surface area (Å²) in [5.41, 5.74) is 2.99. The molecule has 0 aromatic carbocycles. The Morgan fingerprint density at radius 1 is 1.40 bits per heavy atom. The number of aliphatic hydroxyl groups is 1. The van der Waals surface area contributed by atoms with E-state index in [1.54, 1.807) is 12.5 Å². The predicted octanol–water partition coefficient (Wildman–Crippen LogP) is 1.23. The molecule has 1 aliphatic carbocycles. The number of carbonyl (C=O) groups excluding carboxylic acids is 1. The van der Waals surface area contributed by atoms with E-state index < -0.39 is 6.10 Å². The summed E-state index contributed by atoms with van der Waals surface area (Å²) < 4.78 is 2.02. The van der Waals surface area contributed by atoms with Gasteiger partial charge >= 0.3 is 0 Å². The molecule has 3 atom stereocenters. The third-order valence-corrected chi connectivity index (χ3v) is 5.07. The van der Waals surface area contributed by atoms with Crippen LogP contribution in [0, 0.1) is 5.92 Å². The second-order valence-electron chi connectivity index (χ2n) is 6.85. The summed E-state index contributed by atoms with van der Waals surface area (Å²) in [7, 11) is 0. The van der Waals surface area contributed by atoms with Crippen molar-refractivity contribution in [2.75, 3.05) is 0 Å². The van der Waals surface area contributed by atoms with Crippen LogP contribution >= 0.6 is 0 Å². The van der Waals surface area contributed by atoms with Crippen LogP contribution in [-0.2, 0) is 30.6 Å². The molecule has 3 N–H and O–H groups in total. The molecule has 0 radical (unpaired) electrons. The van der Waals surface area contributed by atoms with E-state index in [9.17, 15) is 9.90 Å². The van der Waals surface area contributed by atoms with Gasteiger partial charge in [0.25, 0.3) is 0 Å². The topological polar surface area (TPSA) is 95.8 Å². The number of imidazole rings is 1. The number of hydrogen-bond acceptors (Lipinski definition) is 4. The van der Waals surface area contributed by atoms with Crippen LogP contribution in [0.3, 0.4) is 0 Å². The van der Waals surface area contributed by atoms with Crippen LogP contribution < -0.4 is 5.32 Å². The number of nitrogens with one attached hydrogen (secondary N) is 2. The summed E-state index contributed by atoms with van der Waals surface area (Å²) in [4.78, 5) is 16.5. The third kappa shape index (κ3) is 4.10. The van der Waals surface area contributed by atoms with Crippen LogP contribution in [0.2, 0.25) is 0 Å². The molecular weight excluding hydrogens is 318 g/mol. The van der Waals surface area contributed by atoms with E-state index in [2.05, 4.69) is 27.4 Å². The van der Waals surface area contributed by atoms with Crippen LogP contribution in [0.15, 0.2) is 18.7 Å². The van der Waals surface area contributed by atoms with Crippen molar-refractivity contribution in [2.45, 2.75) is 64.6 Å². The van der Waals surface area contributed by atoms with E-state index in [4.69, 9.17) is 0 Å². The van der Waals surface area contributed by atoms with Crippen LogP contribution in [0.25, 0.3) is 0 Å². The Kier molecular flexibility index (Phi) is 5.53. The summed E-state index contributed by atoms with van der Waals surface area (Å²) in [5, 5.41) is 20.7. The van der Waals surface area contributed by atoms with E-state index in [0.29, 0.717) is 18.8 Å². The van der Waals surface area contributed by atoms with E-state index in [1.807, 2.05) is 17.7 Å². The number of nitrogens with zero attached hydrogens (tertiary/aromatic N) is 3. The lowest BCUT2D eigenvalue weighted by molar-refractivity contribution is -0.121. The van der Waals surface area contributed by atoms with Gasteiger partial charge in [-0.05, 0) is 31.6 Å². The molecule has 1 amide bonds. The van der Waals surface area contributed by atoms with E-state index in [0.717, 1.165) is 42.8 Å². The Morgan fingerprint density at radius 2 is 2.24 bits per heavy atom. The van der Waals surface area contributed by atoms with E-state index in [-0.39, 0.29) is 11.9 Å². The zero-order valence-electron chi connectivity index (χ0n) is 14.9. The fourth-order valence-corrected chi connectivity index (χ4v) is 3.77. The zero-order chi connectivity index (χ0) is 17.8. The molecule has 3 rings (SSSR count). The lowest BCUT2D eigenvalue weighted by atomic mass is 10.0. The molecule has 2 heterocycles. The van der Waals surface area contributed by atoms with Gasteiger partial charge in [0.1, 0.15) is 0 Å². The van der Waals surface area contributed by atoms with Crippen molar-refractivity contribution in [3.8, 4) is 0 Å². The van der Waals surface area contributed by atoms with Crippen molar-refractivity contribution >= 4 is 5.91 Å². The molecule has 0 saturated heterocycles. The largest absolute Gasteiger partial charge is 0.391 e. The summed E-state index contributed by atoms with van der Waals surface area (Å²) >= 11 is 0. The first-order chi connectivity index (χ1) is 12.1. The summed E-state index contributed by atoms with van der Waals surface area (Å²) in [5.74, 6) is 0.305. The van der Waals surface area contributed by atoms with Gasteiger partial charge in [-0.2, -0.15) is 5.10 Å². The first kappa shape index (κ1) is 17.7. The van der Waals surface area contributed by atoms with Crippen LogP contribution in [0.4, 0.5) is 0 Å². The van der Waals surface area contributed by atoms with E-state index in [1.165, 1.54) is 0 Å². The number of aromatic nitrogens is 4. The number of amides is 1. The van der Waals surface area contributed by atoms with Crippen molar-refractivity contribution in [2.24, 2.45) is 5.92 Å². The average Bonchev–Trinajstić information content (AvgIpc) is 3.30. The molecule has 7 nitrogen and oxygen atoms in total. The fourth-order valence-electron chi connectivity index (χ4n) is 3.77. The molecule has 1 aliphatic rings. The first-order valence-electron chi connectivity index (χ1n) is 9.08. The molecule has 7 heteroatoms. The average molecular weight is 345 g/mol. The maximum atomic E-state index is 12.5. The quantitative estimate of drug-likeness (QED) is 0.703. The molecule has 0 bridgehead atoms. The number of carbonyl (C=O) groups is 1. The highest BCUT2D eigenvalue weighted by molar-refractivity contribution is 5.79. The highest BCUT2D eigenvalue weighted by Crippen LogP contribution is 2.27. The number of aromatic amines is 1. The Hall–Kier alpha value is -2.15. The second kappa shape index (κ2) is 7.82. The molecule has 0 aliphatic heterocycles. The van der Waals surface area contributed by atoms with Gasteiger partial charge in [0, 0.05) is 30.2 Å². The molecule has 1 saturated carbocycles. The number of aryl methyl sites for hydroxylation is 2. The maximum absolute atomic E-state index is 12.5. The van der Waals surface area contributed by atoms with Crippen molar-refractivity contribution in [1.29, 1.82) is 0 Å². The zero-order valence-corrected chi connectivity index (χ0v) is 14.9. The highest BCUT2D eigenvalue weighted by Gasteiger charge is 2.34. The molecule has 1 fully saturated rings. The predicted molar refractivity (Wildman–Crippen MR) is 93.9 cm³/mol. The van der Waals surface area contributed by atoms with Gasteiger partial charge in [-0.3, -0.25) is 9.89 Å². The van der Waals surface area contributed by atoms with Gasteiger partial charge in [0.05, 0.1) is 30.6 Å². The molecule has 0 spiro atoms. The number of H-pyrrole nitrogens is 1. The van der Waals surface area contributed by atoms with Crippen LogP contribution in [0.1, 0.15) is 43.6 Å². The smallest absolute Gasteiger partial charge is 0.224 e. The Labute approximate surface area is 147 Å². The van der Waals surface area contributed by atoms with Gasteiger partial charge in [-0.25, -0.2) is 4.98 Å². The van der Waals surface area contributed by atoms with Crippen molar-refractivity contribution < 1.29 is 9.90 Å². The lowest BCUT2D eigenvalue weighted by Crippen LogP contribution is -2.40. The van der Waals surface area contributed by atoms with Gasteiger partial charge in [0.2, 0.25) is 5.91 Å².